The Hall–Kier alpha value is -3.02. The molecule has 2 heterocycles. The Labute approximate surface area is 192 Å². The zero-order chi connectivity index (χ0) is 23.6. The first-order valence-corrected chi connectivity index (χ1v) is 11.9. The van der Waals surface area contributed by atoms with E-state index in [-0.39, 0.29) is 10.9 Å². The normalized spacial score (nSPS) is 15.5. The first-order chi connectivity index (χ1) is 15.8. The SMILES string of the molecule is COc1cc(OC)c(OC)cc1CN1CCC(Nc2nc3cc(S(=O)(=O)O)ccc3o2)CC1. The summed E-state index contributed by atoms with van der Waals surface area (Å²) in [5.41, 5.74) is 1.84. The lowest BCUT2D eigenvalue weighted by atomic mass is 10.0. The Morgan fingerprint density at radius 3 is 2.36 bits per heavy atom. The number of oxazole rings is 1. The van der Waals surface area contributed by atoms with E-state index in [1.54, 1.807) is 21.3 Å². The van der Waals surface area contributed by atoms with E-state index < -0.39 is 10.1 Å². The highest BCUT2D eigenvalue weighted by Gasteiger charge is 2.23. The summed E-state index contributed by atoms with van der Waals surface area (Å²) in [6.07, 6.45) is 1.76. The molecular weight excluding hydrogens is 450 g/mol. The van der Waals surface area contributed by atoms with E-state index in [1.165, 1.54) is 18.2 Å². The van der Waals surface area contributed by atoms with Gasteiger partial charge in [0.25, 0.3) is 16.1 Å². The molecule has 1 fully saturated rings. The fourth-order valence-corrected chi connectivity index (χ4v) is 4.50. The van der Waals surface area contributed by atoms with Gasteiger partial charge < -0.3 is 23.9 Å². The predicted octanol–water partition coefficient (Wildman–Crippen LogP) is 3.18. The summed E-state index contributed by atoms with van der Waals surface area (Å²) in [6, 6.07) is 8.34. The van der Waals surface area contributed by atoms with Gasteiger partial charge in [-0.3, -0.25) is 9.45 Å². The van der Waals surface area contributed by atoms with Crippen molar-refractivity contribution in [3.8, 4) is 17.2 Å². The van der Waals surface area contributed by atoms with Crippen molar-refractivity contribution in [2.24, 2.45) is 0 Å². The van der Waals surface area contributed by atoms with E-state index in [2.05, 4.69) is 15.2 Å². The Kier molecular flexibility index (Phi) is 6.63. The van der Waals surface area contributed by atoms with Crippen LogP contribution in [0.25, 0.3) is 11.1 Å². The van der Waals surface area contributed by atoms with Gasteiger partial charge in [0.2, 0.25) is 0 Å². The van der Waals surface area contributed by atoms with Crippen LogP contribution in [0.3, 0.4) is 0 Å². The van der Waals surface area contributed by atoms with Crippen LogP contribution in [-0.2, 0) is 16.7 Å². The van der Waals surface area contributed by atoms with E-state index in [0.29, 0.717) is 28.6 Å². The van der Waals surface area contributed by atoms with Crippen molar-refractivity contribution in [3.05, 3.63) is 35.9 Å². The van der Waals surface area contributed by atoms with Gasteiger partial charge in [-0.15, -0.1) is 0 Å². The lowest BCUT2D eigenvalue weighted by molar-refractivity contribution is 0.207. The van der Waals surface area contributed by atoms with Crippen molar-refractivity contribution in [1.82, 2.24) is 9.88 Å². The molecule has 1 saturated heterocycles. The number of hydrogen-bond donors (Lipinski definition) is 2. The summed E-state index contributed by atoms with van der Waals surface area (Å²) in [4.78, 5) is 6.44. The molecule has 11 heteroatoms. The first kappa shape index (κ1) is 23.1. The second-order valence-electron chi connectivity index (χ2n) is 7.84. The fraction of sp³-hybridized carbons (Fsp3) is 0.409. The smallest absolute Gasteiger partial charge is 0.295 e. The van der Waals surface area contributed by atoms with Gasteiger partial charge in [-0.25, -0.2) is 0 Å². The maximum absolute atomic E-state index is 11.3. The van der Waals surface area contributed by atoms with Gasteiger partial charge in [-0.1, -0.05) is 0 Å². The van der Waals surface area contributed by atoms with Crippen LogP contribution in [0, 0.1) is 0 Å². The number of nitrogens with one attached hydrogen (secondary N) is 1. The van der Waals surface area contributed by atoms with Crippen LogP contribution in [0.15, 0.2) is 39.6 Å². The van der Waals surface area contributed by atoms with E-state index in [1.807, 2.05) is 12.1 Å². The van der Waals surface area contributed by atoms with Crippen LogP contribution in [0.2, 0.25) is 0 Å². The second-order valence-corrected chi connectivity index (χ2v) is 9.26. The molecule has 10 nitrogen and oxygen atoms in total. The number of aromatic nitrogens is 1. The molecule has 3 aromatic rings. The minimum atomic E-state index is -4.29. The Balaban J connectivity index is 1.38. The van der Waals surface area contributed by atoms with Crippen LogP contribution >= 0.6 is 0 Å². The highest BCUT2D eigenvalue weighted by molar-refractivity contribution is 7.85. The molecule has 2 N–H and O–H groups in total. The lowest BCUT2D eigenvalue weighted by Gasteiger charge is -2.32. The molecule has 0 unspecified atom stereocenters. The van der Waals surface area contributed by atoms with E-state index >= 15 is 0 Å². The van der Waals surface area contributed by atoms with Gasteiger partial charge in [-0.2, -0.15) is 13.4 Å². The standard InChI is InChI=1S/C22H27N3O7S/c1-29-19-12-21(31-3)20(30-2)10-14(19)13-25-8-6-15(7-9-25)23-22-24-17-11-16(33(26,27)28)4-5-18(17)32-22/h4-5,10-12,15H,6-9,13H2,1-3H3,(H,23,24)(H,26,27,28). The topological polar surface area (TPSA) is 123 Å². The van der Waals surface area contributed by atoms with Crippen molar-refractivity contribution in [1.29, 1.82) is 0 Å². The fourth-order valence-electron chi connectivity index (χ4n) is 4.00. The highest BCUT2D eigenvalue weighted by atomic mass is 32.2. The number of fused-ring (bicyclic) bond motifs is 1. The van der Waals surface area contributed by atoms with Crippen LogP contribution in [0.1, 0.15) is 18.4 Å². The molecule has 0 atom stereocenters. The van der Waals surface area contributed by atoms with E-state index in [9.17, 15) is 13.0 Å². The summed E-state index contributed by atoms with van der Waals surface area (Å²) < 4.78 is 53.9. The van der Waals surface area contributed by atoms with Crippen LogP contribution in [0.5, 0.6) is 17.2 Å². The molecule has 1 aromatic heterocycles. The monoisotopic (exact) mass is 477 g/mol. The van der Waals surface area contributed by atoms with Gasteiger partial charge in [0.1, 0.15) is 11.3 Å². The van der Waals surface area contributed by atoms with Crippen LogP contribution < -0.4 is 19.5 Å². The number of ether oxygens (including phenoxy) is 3. The predicted molar refractivity (Wildman–Crippen MR) is 122 cm³/mol. The average molecular weight is 478 g/mol. The summed E-state index contributed by atoms with van der Waals surface area (Å²) >= 11 is 0. The molecule has 0 aliphatic carbocycles. The number of anilines is 1. The molecule has 1 aliphatic heterocycles. The van der Waals surface area contributed by atoms with Gasteiger partial charge in [-0.05, 0) is 37.1 Å². The van der Waals surface area contributed by atoms with E-state index in [4.69, 9.17) is 18.6 Å². The van der Waals surface area contributed by atoms with Crippen molar-refractivity contribution in [2.45, 2.75) is 30.3 Å². The molecule has 33 heavy (non-hydrogen) atoms. The highest BCUT2D eigenvalue weighted by Crippen LogP contribution is 2.35. The average Bonchev–Trinajstić information content (AvgIpc) is 3.21. The van der Waals surface area contributed by atoms with Crippen LogP contribution in [-0.4, -0.2) is 63.3 Å². The van der Waals surface area contributed by atoms with Crippen molar-refractivity contribution in [3.63, 3.8) is 0 Å². The van der Waals surface area contributed by atoms with Gasteiger partial charge in [0.15, 0.2) is 17.1 Å². The molecule has 0 amide bonds. The first-order valence-electron chi connectivity index (χ1n) is 10.5. The molecule has 1 aliphatic rings. The molecule has 0 spiro atoms. The Morgan fingerprint density at radius 2 is 1.73 bits per heavy atom. The maximum Gasteiger partial charge on any atom is 0.295 e. The molecule has 0 bridgehead atoms. The van der Waals surface area contributed by atoms with Gasteiger partial charge >= 0.3 is 0 Å². The molecule has 0 saturated carbocycles. The number of methoxy groups -OCH3 is 3. The summed E-state index contributed by atoms with van der Waals surface area (Å²) in [5.74, 6) is 2.05. The number of nitrogens with zero attached hydrogens (tertiary/aromatic N) is 2. The summed E-state index contributed by atoms with van der Waals surface area (Å²) in [7, 11) is 0.558. The van der Waals surface area contributed by atoms with Gasteiger partial charge in [0, 0.05) is 37.3 Å². The molecule has 2 aromatic carbocycles. The lowest BCUT2D eigenvalue weighted by Crippen LogP contribution is -2.38. The zero-order valence-corrected chi connectivity index (χ0v) is 19.5. The number of piperidine rings is 1. The van der Waals surface area contributed by atoms with Crippen molar-refractivity contribution >= 4 is 27.2 Å². The zero-order valence-electron chi connectivity index (χ0n) is 18.7. The summed E-state index contributed by atoms with van der Waals surface area (Å²) in [5, 5.41) is 3.29. The largest absolute Gasteiger partial charge is 0.496 e. The third-order valence-corrected chi connectivity index (χ3v) is 6.60. The maximum atomic E-state index is 11.3. The van der Waals surface area contributed by atoms with Crippen LogP contribution in [0.4, 0.5) is 6.01 Å². The summed E-state index contributed by atoms with van der Waals surface area (Å²) in [6.45, 7) is 2.45. The van der Waals surface area contributed by atoms with E-state index in [0.717, 1.165) is 43.8 Å². The third kappa shape index (κ3) is 5.15. The molecule has 178 valence electrons. The second kappa shape index (κ2) is 9.46. The van der Waals surface area contributed by atoms with Crippen molar-refractivity contribution in [2.75, 3.05) is 39.7 Å². The number of rotatable bonds is 8. The minimum Gasteiger partial charge on any atom is -0.496 e. The quantitative estimate of drug-likeness (QED) is 0.468. The number of hydrogen-bond acceptors (Lipinski definition) is 9. The van der Waals surface area contributed by atoms with Gasteiger partial charge in [0.05, 0.1) is 26.2 Å². The molecule has 4 rings (SSSR count). The minimum absolute atomic E-state index is 0.169. The van der Waals surface area contributed by atoms with Crippen molar-refractivity contribution < 1.29 is 31.6 Å². The third-order valence-electron chi connectivity index (χ3n) is 5.75. The molecule has 0 radical (unpaired) electrons. The Bertz CT molecular complexity index is 1230. The Morgan fingerprint density at radius 1 is 1.06 bits per heavy atom. The molecular formula is C22H27N3O7S. The number of benzene rings is 2. The number of likely N-dealkylation sites (tertiary alicyclic amines) is 1.